The second kappa shape index (κ2) is 6.19. The molecule has 2 heterocycles. The number of H-pyrrole nitrogens is 1. The first kappa shape index (κ1) is 14.6. The van der Waals surface area contributed by atoms with Crippen molar-refractivity contribution in [1.29, 1.82) is 0 Å². The maximum absolute atomic E-state index is 12.3. The van der Waals surface area contributed by atoms with Crippen LogP contribution in [0.3, 0.4) is 0 Å². The lowest BCUT2D eigenvalue weighted by Gasteiger charge is -2.28. The summed E-state index contributed by atoms with van der Waals surface area (Å²) in [6, 6.07) is 6.19. The van der Waals surface area contributed by atoms with E-state index in [1.807, 2.05) is 12.1 Å². The zero-order valence-electron chi connectivity index (χ0n) is 12.0. The van der Waals surface area contributed by atoms with Crippen molar-refractivity contribution < 1.29 is 19.4 Å². The first-order valence-corrected chi connectivity index (χ1v) is 7.34. The van der Waals surface area contributed by atoms with Crippen LogP contribution in [0.4, 0.5) is 0 Å². The number of aromatic amines is 1. The Morgan fingerprint density at radius 1 is 1.36 bits per heavy atom. The molecule has 2 atom stereocenters. The number of fused-ring (bicyclic) bond motifs is 1. The van der Waals surface area contributed by atoms with Crippen LogP contribution in [0.25, 0.3) is 10.9 Å². The lowest BCUT2D eigenvalue weighted by molar-refractivity contribution is -0.142. The zero-order valence-corrected chi connectivity index (χ0v) is 12.0. The van der Waals surface area contributed by atoms with Gasteiger partial charge < -0.3 is 20.1 Å². The zero-order chi connectivity index (χ0) is 15.5. The van der Waals surface area contributed by atoms with Crippen molar-refractivity contribution in [1.82, 2.24) is 10.3 Å². The van der Waals surface area contributed by atoms with E-state index in [1.54, 1.807) is 18.3 Å². The summed E-state index contributed by atoms with van der Waals surface area (Å²) in [5, 5.41) is 12.9. The van der Waals surface area contributed by atoms with Crippen LogP contribution >= 0.6 is 0 Å². The molecule has 1 saturated heterocycles. The molecule has 0 bridgehead atoms. The van der Waals surface area contributed by atoms with E-state index >= 15 is 0 Å². The third kappa shape index (κ3) is 2.96. The molecule has 3 N–H and O–H groups in total. The molecule has 0 saturated carbocycles. The average molecular weight is 302 g/mol. The summed E-state index contributed by atoms with van der Waals surface area (Å²) < 4.78 is 5.33. The molecule has 1 aromatic carbocycles. The molecule has 1 aromatic heterocycles. The van der Waals surface area contributed by atoms with Crippen molar-refractivity contribution >= 4 is 22.8 Å². The Balaban J connectivity index is 1.76. The summed E-state index contributed by atoms with van der Waals surface area (Å²) in [4.78, 5) is 26.9. The van der Waals surface area contributed by atoms with Crippen LogP contribution in [0.2, 0.25) is 0 Å². The largest absolute Gasteiger partial charge is 0.480 e. The van der Waals surface area contributed by atoms with E-state index in [1.165, 1.54) is 0 Å². The molecule has 0 aliphatic carbocycles. The summed E-state index contributed by atoms with van der Waals surface area (Å²) in [5.41, 5.74) is 1.39. The molecule has 3 rings (SSSR count). The van der Waals surface area contributed by atoms with Crippen LogP contribution in [0.15, 0.2) is 30.5 Å². The van der Waals surface area contributed by atoms with Gasteiger partial charge in [-0.25, -0.2) is 4.79 Å². The second-order valence-electron chi connectivity index (χ2n) is 5.55. The molecule has 1 fully saturated rings. The number of carbonyl (C=O) groups excluding carboxylic acids is 1. The number of benzene rings is 1. The number of carboxylic acids is 1. The predicted molar refractivity (Wildman–Crippen MR) is 80.7 cm³/mol. The highest BCUT2D eigenvalue weighted by molar-refractivity contribution is 5.99. The smallest absolute Gasteiger partial charge is 0.326 e. The molecule has 116 valence electrons. The van der Waals surface area contributed by atoms with E-state index < -0.39 is 12.0 Å². The first-order valence-electron chi connectivity index (χ1n) is 7.34. The normalized spacial score (nSPS) is 19.7. The molecule has 22 heavy (non-hydrogen) atoms. The van der Waals surface area contributed by atoms with Gasteiger partial charge in [-0.1, -0.05) is 0 Å². The average Bonchev–Trinajstić information content (AvgIpc) is 3.00. The van der Waals surface area contributed by atoms with Gasteiger partial charge in [-0.15, -0.1) is 0 Å². The quantitative estimate of drug-likeness (QED) is 0.803. The van der Waals surface area contributed by atoms with Crippen LogP contribution < -0.4 is 5.32 Å². The van der Waals surface area contributed by atoms with E-state index in [-0.39, 0.29) is 11.8 Å². The Labute approximate surface area is 127 Å². The van der Waals surface area contributed by atoms with Crippen LogP contribution in [-0.4, -0.2) is 41.2 Å². The van der Waals surface area contributed by atoms with E-state index in [9.17, 15) is 14.7 Å². The fraction of sp³-hybridized carbons (Fsp3) is 0.375. The van der Waals surface area contributed by atoms with Gasteiger partial charge in [0.05, 0.1) is 6.61 Å². The van der Waals surface area contributed by atoms with Crippen molar-refractivity contribution in [2.45, 2.75) is 18.9 Å². The van der Waals surface area contributed by atoms with Crippen LogP contribution in [0.1, 0.15) is 23.2 Å². The fourth-order valence-corrected chi connectivity index (χ4v) is 2.83. The van der Waals surface area contributed by atoms with Gasteiger partial charge in [-0.3, -0.25) is 4.79 Å². The summed E-state index contributed by atoms with van der Waals surface area (Å²) >= 11 is 0. The van der Waals surface area contributed by atoms with Gasteiger partial charge in [0.1, 0.15) is 6.04 Å². The number of nitrogens with one attached hydrogen (secondary N) is 2. The summed E-state index contributed by atoms with van der Waals surface area (Å²) in [7, 11) is 0. The van der Waals surface area contributed by atoms with E-state index in [0.717, 1.165) is 23.7 Å². The number of amides is 1. The molecular formula is C16H18N2O4. The molecule has 1 aliphatic heterocycles. The molecule has 0 spiro atoms. The molecule has 6 heteroatoms. The molecule has 2 unspecified atom stereocenters. The van der Waals surface area contributed by atoms with Crippen LogP contribution in [0.5, 0.6) is 0 Å². The van der Waals surface area contributed by atoms with E-state index in [0.29, 0.717) is 18.8 Å². The minimum absolute atomic E-state index is 0.189. The Kier molecular flexibility index (Phi) is 4.11. The van der Waals surface area contributed by atoms with Gasteiger partial charge in [0.15, 0.2) is 0 Å². The SMILES string of the molecule is O=C(NC(C(=O)O)C1CCCOC1)c1ccc2[nH]ccc2c1. The molecule has 1 amide bonds. The van der Waals surface area contributed by atoms with Crippen molar-refractivity contribution in [2.24, 2.45) is 5.92 Å². The minimum Gasteiger partial charge on any atom is -0.480 e. The molecule has 1 aliphatic rings. The lowest BCUT2D eigenvalue weighted by Crippen LogP contribution is -2.48. The van der Waals surface area contributed by atoms with Crippen molar-refractivity contribution in [2.75, 3.05) is 13.2 Å². The fourth-order valence-electron chi connectivity index (χ4n) is 2.83. The number of ether oxygens (including phenoxy) is 1. The highest BCUT2D eigenvalue weighted by atomic mass is 16.5. The molecule has 2 aromatic rings. The maximum atomic E-state index is 12.3. The number of hydrogen-bond donors (Lipinski definition) is 3. The maximum Gasteiger partial charge on any atom is 0.326 e. The van der Waals surface area contributed by atoms with E-state index in [4.69, 9.17) is 4.74 Å². The highest BCUT2D eigenvalue weighted by Crippen LogP contribution is 2.19. The summed E-state index contributed by atoms with van der Waals surface area (Å²) in [6.45, 7) is 1.02. The van der Waals surface area contributed by atoms with Gasteiger partial charge in [-0.2, -0.15) is 0 Å². The van der Waals surface area contributed by atoms with E-state index in [2.05, 4.69) is 10.3 Å². The minimum atomic E-state index is -1.02. The Bertz CT molecular complexity index is 688. The Morgan fingerprint density at radius 2 is 2.23 bits per heavy atom. The number of carboxylic acid groups (broad SMARTS) is 1. The predicted octanol–water partition coefficient (Wildman–Crippen LogP) is 1.78. The Morgan fingerprint density at radius 3 is 2.95 bits per heavy atom. The monoisotopic (exact) mass is 302 g/mol. The first-order chi connectivity index (χ1) is 10.6. The second-order valence-corrected chi connectivity index (χ2v) is 5.55. The van der Waals surface area contributed by atoms with Gasteiger partial charge in [0, 0.05) is 35.2 Å². The van der Waals surface area contributed by atoms with Crippen molar-refractivity contribution in [3.05, 3.63) is 36.0 Å². The number of carbonyl (C=O) groups is 2. The van der Waals surface area contributed by atoms with Crippen molar-refractivity contribution in [3.63, 3.8) is 0 Å². The molecular weight excluding hydrogens is 284 g/mol. The summed E-state index contributed by atoms with van der Waals surface area (Å²) in [5.74, 6) is -1.58. The van der Waals surface area contributed by atoms with Gasteiger partial charge in [0.25, 0.3) is 5.91 Å². The standard InChI is InChI=1S/C16H18N2O4/c19-15(11-3-4-13-10(8-11)5-6-17-13)18-14(16(20)21)12-2-1-7-22-9-12/h3-6,8,12,14,17H,1-2,7,9H2,(H,18,19)(H,20,21). The molecule has 6 nitrogen and oxygen atoms in total. The Hall–Kier alpha value is -2.34. The number of hydrogen-bond acceptors (Lipinski definition) is 3. The lowest BCUT2D eigenvalue weighted by atomic mass is 9.93. The van der Waals surface area contributed by atoms with Gasteiger partial charge in [0.2, 0.25) is 0 Å². The number of aromatic nitrogens is 1. The third-order valence-electron chi connectivity index (χ3n) is 4.04. The number of aliphatic carboxylic acids is 1. The molecule has 0 radical (unpaired) electrons. The van der Waals surface area contributed by atoms with Crippen LogP contribution in [-0.2, 0) is 9.53 Å². The third-order valence-corrected chi connectivity index (χ3v) is 4.04. The topological polar surface area (TPSA) is 91.4 Å². The van der Waals surface area contributed by atoms with Gasteiger partial charge >= 0.3 is 5.97 Å². The van der Waals surface area contributed by atoms with Crippen molar-refractivity contribution in [3.8, 4) is 0 Å². The highest BCUT2D eigenvalue weighted by Gasteiger charge is 2.31. The summed E-state index contributed by atoms with van der Waals surface area (Å²) in [6.07, 6.45) is 3.36. The number of rotatable bonds is 4. The van der Waals surface area contributed by atoms with Crippen LogP contribution in [0, 0.1) is 5.92 Å². The van der Waals surface area contributed by atoms with Gasteiger partial charge in [-0.05, 0) is 37.1 Å².